The molecule has 0 aromatic carbocycles. The van der Waals surface area contributed by atoms with Gasteiger partial charge in [0.15, 0.2) is 0 Å². The molecule has 0 aromatic rings. The van der Waals surface area contributed by atoms with E-state index in [-0.39, 0.29) is 18.3 Å². The molecule has 0 aliphatic carbocycles. The van der Waals surface area contributed by atoms with Gasteiger partial charge in [0.2, 0.25) is 0 Å². The van der Waals surface area contributed by atoms with Crippen molar-refractivity contribution in [3.63, 3.8) is 0 Å². The highest BCUT2D eigenvalue weighted by Gasteiger charge is 2.51. The van der Waals surface area contributed by atoms with Crippen LogP contribution in [-0.2, 0) is 9.31 Å². The maximum atomic E-state index is 5.96. The molecule has 0 N–H and O–H groups in total. The lowest BCUT2D eigenvalue weighted by Gasteiger charge is -2.32. The van der Waals surface area contributed by atoms with E-state index in [2.05, 4.69) is 63.3 Å². The molecule has 1 fully saturated rings. The zero-order chi connectivity index (χ0) is 12.4. The molecule has 0 spiro atoms. The van der Waals surface area contributed by atoms with Crippen molar-refractivity contribution in [2.45, 2.75) is 65.1 Å². The van der Waals surface area contributed by atoms with Gasteiger partial charge in [-0.05, 0) is 34.1 Å². The predicted octanol–water partition coefficient (Wildman–Crippen LogP) is 4.13. The van der Waals surface area contributed by atoms with E-state index in [9.17, 15) is 0 Å². The Morgan fingerprint density at radius 3 is 2.12 bits per heavy atom. The third-order valence-electron chi connectivity index (χ3n) is 3.38. The number of halogens is 1. The molecule has 1 aliphatic heterocycles. The maximum Gasteiger partial charge on any atom is 0.500 e. The second kappa shape index (κ2) is 5.40. The van der Waals surface area contributed by atoms with Gasteiger partial charge in [-0.3, -0.25) is 0 Å². The van der Waals surface area contributed by atoms with Crippen LogP contribution >= 0.6 is 22.6 Å². The summed E-state index contributed by atoms with van der Waals surface area (Å²) in [7, 11) is -0.178. The SMILES string of the molecule is CCCC/C=C(\I)B1OC(C)(C)C(C)(C)O1. The van der Waals surface area contributed by atoms with Gasteiger partial charge >= 0.3 is 7.12 Å². The number of allylic oxidation sites excluding steroid dienone is 1. The van der Waals surface area contributed by atoms with Gasteiger partial charge in [-0.2, -0.15) is 0 Å². The van der Waals surface area contributed by atoms with Crippen molar-refractivity contribution in [1.82, 2.24) is 0 Å². The first-order chi connectivity index (χ1) is 7.30. The Morgan fingerprint density at radius 1 is 1.19 bits per heavy atom. The van der Waals surface area contributed by atoms with Crippen molar-refractivity contribution in [2.75, 3.05) is 0 Å². The molecule has 0 amide bonds. The summed E-state index contributed by atoms with van der Waals surface area (Å²) in [4.78, 5) is 0. The van der Waals surface area contributed by atoms with Gasteiger partial charge in [-0.1, -0.05) is 48.4 Å². The molecule has 2 nitrogen and oxygen atoms in total. The van der Waals surface area contributed by atoms with Crippen LogP contribution in [0.4, 0.5) is 0 Å². The summed E-state index contributed by atoms with van der Waals surface area (Å²) in [5, 5.41) is 0. The normalized spacial score (nSPS) is 23.9. The van der Waals surface area contributed by atoms with Gasteiger partial charge in [-0.25, -0.2) is 0 Å². The topological polar surface area (TPSA) is 18.5 Å². The molecule has 0 bridgehead atoms. The predicted molar refractivity (Wildman–Crippen MR) is 77.7 cm³/mol. The highest BCUT2D eigenvalue weighted by atomic mass is 127. The van der Waals surface area contributed by atoms with Gasteiger partial charge in [-0.15, -0.1) is 0 Å². The highest BCUT2D eigenvalue weighted by Crippen LogP contribution is 2.39. The van der Waals surface area contributed by atoms with Gasteiger partial charge in [0, 0.05) is 3.48 Å². The number of hydrogen-bond donors (Lipinski definition) is 0. The van der Waals surface area contributed by atoms with Crippen molar-refractivity contribution in [3.05, 3.63) is 9.56 Å². The third-order valence-corrected chi connectivity index (χ3v) is 4.32. The monoisotopic (exact) mass is 336 g/mol. The quantitative estimate of drug-likeness (QED) is 0.437. The Morgan fingerprint density at radius 2 is 1.69 bits per heavy atom. The number of rotatable bonds is 4. The van der Waals surface area contributed by atoms with Crippen LogP contribution in [0.2, 0.25) is 0 Å². The van der Waals surface area contributed by atoms with Crippen LogP contribution in [0.5, 0.6) is 0 Å². The minimum atomic E-state index is -0.229. The molecule has 16 heavy (non-hydrogen) atoms. The maximum absolute atomic E-state index is 5.96. The number of unbranched alkanes of at least 4 members (excludes halogenated alkanes) is 2. The standard InChI is InChI=1S/C12H22BIO2/c1-6-7-8-9-10(14)13-15-11(2,3)12(4,5)16-13/h9H,6-8H2,1-5H3/b10-9-. The summed E-state index contributed by atoms with van der Waals surface area (Å²) >= 11 is 2.33. The van der Waals surface area contributed by atoms with Crippen LogP contribution < -0.4 is 0 Å². The van der Waals surface area contributed by atoms with Crippen LogP contribution in [0, 0.1) is 0 Å². The summed E-state index contributed by atoms with van der Waals surface area (Å²) in [6.45, 7) is 10.5. The lowest BCUT2D eigenvalue weighted by molar-refractivity contribution is 0.00578. The van der Waals surface area contributed by atoms with Crippen molar-refractivity contribution in [3.8, 4) is 0 Å². The zero-order valence-corrected chi connectivity index (χ0v) is 13.1. The molecule has 0 atom stereocenters. The lowest BCUT2D eigenvalue weighted by atomic mass is 9.89. The van der Waals surface area contributed by atoms with Crippen LogP contribution in [0.3, 0.4) is 0 Å². The molecule has 1 rings (SSSR count). The Balaban J connectivity index is 2.62. The van der Waals surface area contributed by atoms with E-state index in [0.29, 0.717) is 0 Å². The molecule has 1 heterocycles. The molecule has 92 valence electrons. The molecule has 1 aliphatic rings. The molecular weight excluding hydrogens is 314 g/mol. The van der Waals surface area contributed by atoms with E-state index in [4.69, 9.17) is 9.31 Å². The molecule has 1 saturated heterocycles. The summed E-state index contributed by atoms with van der Waals surface area (Å²) in [5.41, 5.74) is -0.459. The van der Waals surface area contributed by atoms with E-state index < -0.39 is 0 Å². The van der Waals surface area contributed by atoms with Crippen LogP contribution in [0.25, 0.3) is 0 Å². The van der Waals surface area contributed by atoms with E-state index in [1.54, 1.807) is 0 Å². The van der Waals surface area contributed by atoms with E-state index in [1.165, 1.54) is 16.3 Å². The smallest absolute Gasteiger partial charge is 0.399 e. The summed E-state index contributed by atoms with van der Waals surface area (Å²) in [6.07, 6.45) is 5.79. The molecular formula is C12H22BIO2. The summed E-state index contributed by atoms with van der Waals surface area (Å²) in [6, 6.07) is 0. The van der Waals surface area contributed by atoms with E-state index >= 15 is 0 Å². The summed E-state index contributed by atoms with van der Waals surface area (Å²) < 4.78 is 13.1. The second-order valence-corrected chi connectivity index (χ2v) is 6.57. The lowest BCUT2D eigenvalue weighted by Crippen LogP contribution is -2.41. The summed E-state index contributed by atoms with van der Waals surface area (Å²) in [5.74, 6) is 0. The Hall–Kier alpha value is 0.455. The van der Waals surface area contributed by atoms with Crippen LogP contribution in [0.1, 0.15) is 53.9 Å². The molecule has 4 heteroatoms. The first kappa shape index (κ1) is 14.5. The van der Waals surface area contributed by atoms with Gasteiger partial charge in [0.25, 0.3) is 0 Å². The van der Waals surface area contributed by atoms with Gasteiger partial charge in [0.05, 0.1) is 11.2 Å². The fourth-order valence-corrected chi connectivity index (χ4v) is 2.06. The fourth-order valence-electron chi connectivity index (χ4n) is 1.50. The highest BCUT2D eigenvalue weighted by molar-refractivity contribution is 14.1. The minimum absolute atomic E-state index is 0.178. The Bertz CT molecular complexity index is 258. The largest absolute Gasteiger partial charge is 0.500 e. The van der Waals surface area contributed by atoms with Crippen molar-refractivity contribution in [1.29, 1.82) is 0 Å². The Labute approximate surface area is 113 Å². The molecule has 0 unspecified atom stereocenters. The zero-order valence-electron chi connectivity index (χ0n) is 11.0. The fraction of sp³-hybridized carbons (Fsp3) is 0.833. The average molecular weight is 336 g/mol. The van der Waals surface area contributed by atoms with Crippen LogP contribution in [0.15, 0.2) is 9.56 Å². The minimum Gasteiger partial charge on any atom is -0.399 e. The second-order valence-electron chi connectivity index (χ2n) is 5.32. The van der Waals surface area contributed by atoms with Crippen molar-refractivity contribution >= 4 is 29.7 Å². The van der Waals surface area contributed by atoms with E-state index in [1.807, 2.05) is 0 Å². The molecule has 0 saturated carbocycles. The molecule has 0 radical (unpaired) electrons. The van der Waals surface area contributed by atoms with Gasteiger partial charge in [0.1, 0.15) is 0 Å². The first-order valence-corrected chi connectivity index (χ1v) is 7.09. The average Bonchev–Trinajstić information content (AvgIpc) is 2.36. The van der Waals surface area contributed by atoms with Gasteiger partial charge < -0.3 is 9.31 Å². The molecule has 0 aromatic heterocycles. The van der Waals surface area contributed by atoms with Crippen molar-refractivity contribution < 1.29 is 9.31 Å². The van der Waals surface area contributed by atoms with Crippen molar-refractivity contribution in [2.24, 2.45) is 0 Å². The third kappa shape index (κ3) is 3.23. The van der Waals surface area contributed by atoms with E-state index in [0.717, 1.165) is 6.42 Å². The Kier molecular flexibility index (Phi) is 4.90. The number of hydrogen-bond acceptors (Lipinski definition) is 2. The first-order valence-electron chi connectivity index (χ1n) is 6.01. The van der Waals surface area contributed by atoms with Crippen LogP contribution in [-0.4, -0.2) is 18.3 Å².